The summed E-state index contributed by atoms with van der Waals surface area (Å²) in [7, 11) is 0. The van der Waals surface area contributed by atoms with Crippen molar-refractivity contribution in [1.29, 1.82) is 0 Å². The SMILES string of the molecule is C=C/C(NC(N)=O)=C(/CN[C@H]1CCCNC1)SCC#Cc1cccc(F)c1. The maximum Gasteiger partial charge on any atom is 0.316 e. The summed E-state index contributed by atoms with van der Waals surface area (Å²) in [5, 5.41) is 9.47. The predicted octanol–water partition coefficient (Wildman–Crippen LogP) is 2.32. The molecule has 1 aromatic carbocycles. The molecule has 2 amide bonds. The summed E-state index contributed by atoms with van der Waals surface area (Å²) in [4.78, 5) is 12.2. The van der Waals surface area contributed by atoms with Gasteiger partial charge in [-0.1, -0.05) is 24.5 Å². The van der Waals surface area contributed by atoms with Gasteiger partial charge in [0.2, 0.25) is 0 Å². The fraction of sp³-hybridized carbons (Fsp3) is 0.350. The molecule has 5 N–H and O–H groups in total. The fourth-order valence-electron chi connectivity index (χ4n) is 2.68. The maximum atomic E-state index is 13.2. The van der Waals surface area contributed by atoms with E-state index in [1.54, 1.807) is 18.2 Å². The van der Waals surface area contributed by atoms with Gasteiger partial charge in [-0.15, -0.1) is 11.8 Å². The topological polar surface area (TPSA) is 79.2 Å². The Morgan fingerprint density at radius 1 is 1.52 bits per heavy atom. The molecule has 5 nitrogen and oxygen atoms in total. The van der Waals surface area contributed by atoms with E-state index in [-0.39, 0.29) is 5.82 Å². The van der Waals surface area contributed by atoms with Gasteiger partial charge in [0.15, 0.2) is 0 Å². The van der Waals surface area contributed by atoms with E-state index in [1.807, 2.05) is 0 Å². The highest BCUT2D eigenvalue weighted by Crippen LogP contribution is 2.19. The standard InChI is InChI=1S/C20H25FN4OS/c1-2-18(25-20(22)26)19(14-24-17-9-4-10-23-13-17)27-11-5-7-15-6-3-8-16(21)12-15/h2-3,6,8,12,17,23-24H,1,4,9-11,13-14H2,(H3,22,25,26)/b19-18+/t17-/m0/s1. The molecule has 7 heteroatoms. The van der Waals surface area contributed by atoms with Crippen molar-refractivity contribution in [3.8, 4) is 11.8 Å². The van der Waals surface area contributed by atoms with E-state index in [0.717, 1.165) is 30.8 Å². The first-order valence-corrected chi connectivity index (χ1v) is 9.80. The first-order chi connectivity index (χ1) is 13.1. The number of nitrogens with two attached hydrogens (primary N) is 1. The number of hydrogen-bond donors (Lipinski definition) is 4. The highest BCUT2D eigenvalue weighted by molar-refractivity contribution is 8.03. The van der Waals surface area contributed by atoms with Crippen LogP contribution >= 0.6 is 11.8 Å². The molecule has 1 atom stereocenters. The van der Waals surface area contributed by atoms with E-state index < -0.39 is 6.03 Å². The number of rotatable bonds is 7. The van der Waals surface area contributed by atoms with Crippen molar-refractivity contribution < 1.29 is 9.18 Å². The molecule has 1 aliphatic rings. The number of piperidine rings is 1. The quantitative estimate of drug-likeness (QED) is 0.427. The lowest BCUT2D eigenvalue weighted by Gasteiger charge is -2.24. The van der Waals surface area contributed by atoms with Crippen LogP contribution in [0.15, 0.2) is 47.5 Å². The number of thioether (sulfide) groups is 1. The van der Waals surface area contributed by atoms with Gasteiger partial charge >= 0.3 is 6.03 Å². The molecular weight excluding hydrogens is 363 g/mol. The Balaban J connectivity index is 2.01. The maximum absolute atomic E-state index is 13.2. The van der Waals surface area contributed by atoms with Gasteiger partial charge in [0.1, 0.15) is 5.82 Å². The summed E-state index contributed by atoms with van der Waals surface area (Å²) in [6.45, 7) is 6.31. The molecule has 27 heavy (non-hydrogen) atoms. The van der Waals surface area contributed by atoms with Crippen LogP contribution in [0.1, 0.15) is 18.4 Å². The van der Waals surface area contributed by atoms with Crippen LogP contribution in [-0.4, -0.2) is 37.5 Å². The van der Waals surface area contributed by atoms with Crippen molar-refractivity contribution in [1.82, 2.24) is 16.0 Å². The molecule has 2 rings (SSSR count). The van der Waals surface area contributed by atoms with Crippen LogP contribution in [0.3, 0.4) is 0 Å². The average molecular weight is 389 g/mol. The molecular formula is C20H25FN4OS. The number of halogens is 1. The van der Waals surface area contributed by atoms with Gasteiger partial charge in [0.05, 0.1) is 11.4 Å². The van der Waals surface area contributed by atoms with Gasteiger partial charge in [-0.05, 0) is 43.7 Å². The van der Waals surface area contributed by atoms with Crippen LogP contribution in [0.25, 0.3) is 0 Å². The van der Waals surface area contributed by atoms with Crippen LogP contribution in [0.4, 0.5) is 9.18 Å². The van der Waals surface area contributed by atoms with E-state index in [2.05, 4.69) is 34.4 Å². The minimum atomic E-state index is -0.631. The molecule has 144 valence electrons. The number of hydrogen-bond acceptors (Lipinski definition) is 4. The smallest absolute Gasteiger partial charge is 0.316 e. The van der Waals surface area contributed by atoms with E-state index in [4.69, 9.17) is 5.73 Å². The second-order valence-corrected chi connectivity index (χ2v) is 7.13. The van der Waals surface area contributed by atoms with E-state index in [9.17, 15) is 9.18 Å². The summed E-state index contributed by atoms with van der Waals surface area (Å²) in [6, 6.07) is 5.93. The molecule has 0 aliphatic carbocycles. The third-order valence-electron chi connectivity index (χ3n) is 3.99. The van der Waals surface area contributed by atoms with Gasteiger partial charge in [0.25, 0.3) is 0 Å². The first-order valence-electron chi connectivity index (χ1n) is 8.82. The highest BCUT2D eigenvalue weighted by Gasteiger charge is 2.14. The van der Waals surface area contributed by atoms with E-state index >= 15 is 0 Å². The lowest BCUT2D eigenvalue weighted by atomic mass is 10.1. The zero-order valence-corrected chi connectivity index (χ0v) is 16.0. The van der Waals surface area contributed by atoms with Gasteiger partial charge in [-0.3, -0.25) is 0 Å². The molecule has 0 radical (unpaired) electrons. The number of urea groups is 1. The third-order valence-corrected chi connectivity index (χ3v) is 4.99. The molecule has 0 bridgehead atoms. The van der Waals surface area contributed by atoms with Crippen molar-refractivity contribution in [3.05, 3.63) is 58.9 Å². The van der Waals surface area contributed by atoms with Crippen LogP contribution in [0.2, 0.25) is 0 Å². The van der Waals surface area contributed by atoms with Crippen molar-refractivity contribution in [2.45, 2.75) is 18.9 Å². The monoisotopic (exact) mass is 388 g/mol. The molecule has 1 heterocycles. The number of amides is 2. The van der Waals surface area contributed by atoms with Crippen LogP contribution < -0.4 is 21.7 Å². The molecule has 0 aromatic heterocycles. The molecule has 1 saturated heterocycles. The molecule has 1 fully saturated rings. The van der Waals surface area contributed by atoms with Crippen LogP contribution in [0, 0.1) is 17.7 Å². The Kier molecular flexibility index (Phi) is 8.92. The largest absolute Gasteiger partial charge is 0.351 e. The Bertz CT molecular complexity index is 748. The number of carbonyl (C=O) groups excluding carboxylic acids is 1. The minimum Gasteiger partial charge on any atom is -0.351 e. The number of nitrogens with one attached hydrogen (secondary N) is 3. The predicted molar refractivity (Wildman–Crippen MR) is 110 cm³/mol. The van der Waals surface area contributed by atoms with Crippen LogP contribution in [0.5, 0.6) is 0 Å². The minimum absolute atomic E-state index is 0.306. The van der Waals surface area contributed by atoms with Crippen LogP contribution in [-0.2, 0) is 0 Å². The molecule has 1 aromatic rings. The summed E-state index contributed by atoms with van der Waals surface area (Å²) in [5.74, 6) is 6.15. The Morgan fingerprint density at radius 2 is 2.37 bits per heavy atom. The zero-order valence-electron chi connectivity index (χ0n) is 15.2. The molecule has 0 spiro atoms. The summed E-state index contributed by atoms with van der Waals surface area (Å²) in [5.41, 5.74) is 6.47. The second-order valence-electron chi connectivity index (χ2n) is 6.06. The number of benzene rings is 1. The Hall–Kier alpha value is -2.27. The second kappa shape index (κ2) is 11.4. The van der Waals surface area contributed by atoms with Crippen molar-refractivity contribution in [2.24, 2.45) is 5.73 Å². The number of carbonyl (C=O) groups is 1. The van der Waals surface area contributed by atoms with Gasteiger partial charge in [0, 0.05) is 29.6 Å². The highest BCUT2D eigenvalue weighted by atomic mass is 32.2. The lowest BCUT2D eigenvalue weighted by molar-refractivity contribution is 0.251. The summed E-state index contributed by atoms with van der Waals surface area (Å²) in [6.07, 6.45) is 3.82. The van der Waals surface area contributed by atoms with Gasteiger partial charge in [-0.2, -0.15) is 0 Å². The van der Waals surface area contributed by atoms with E-state index in [1.165, 1.54) is 23.9 Å². The Labute approximate surface area is 164 Å². The zero-order chi connectivity index (χ0) is 19.5. The van der Waals surface area contributed by atoms with Crippen molar-refractivity contribution >= 4 is 17.8 Å². The lowest BCUT2D eigenvalue weighted by Crippen LogP contribution is -2.43. The fourth-order valence-corrected chi connectivity index (χ4v) is 3.48. The first kappa shape index (κ1) is 21.0. The number of allylic oxidation sites excluding steroid dienone is 1. The molecule has 0 unspecified atom stereocenters. The van der Waals surface area contributed by atoms with E-state index in [0.29, 0.717) is 29.6 Å². The Morgan fingerprint density at radius 3 is 3.04 bits per heavy atom. The van der Waals surface area contributed by atoms with Gasteiger partial charge < -0.3 is 21.7 Å². The molecule has 0 saturated carbocycles. The molecule has 1 aliphatic heterocycles. The third kappa shape index (κ3) is 7.87. The average Bonchev–Trinajstić information content (AvgIpc) is 2.66. The van der Waals surface area contributed by atoms with Crippen molar-refractivity contribution in [3.63, 3.8) is 0 Å². The normalized spacial score (nSPS) is 17.3. The van der Waals surface area contributed by atoms with Crippen molar-refractivity contribution in [2.75, 3.05) is 25.4 Å². The van der Waals surface area contributed by atoms with Gasteiger partial charge in [-0.25, -0.2) is 9.18 Å². The summed E-state index contributed by atoms with van der Waals surface area (Å²) < 4.78 is 13.2. The number of primary amides is 1. The summed E-state index contributed by atoms with van der Waals surface area (Å²) >= 11 is 1.50.